The molecule has 0 N–H and O–H groups in total. The number of pyridine rings is 1. The maximum atomic E-state index is 12.0. The van der Waals surface area contributed by atoms with E-state index >= 15 is 0 Å². The lowest BCUT2D eigenvalue weighted by Gasteiger charge is -2.13. The molecule has 0 saturated heterocycles. The Morgan fingerprint density at radius 3 is 2.55 bits per heavy atom. The van der Waals surface area contributed by atoms with Crippen LogP contribution >= 0.6 is 0 Å². The average Bonchev–Trinajstić information content (AvgIpc) is 3.36. The van der Waals surface area contributed by atoms with Crippen molar-refractivity contribution in [3.8, 4) is 34.8 Å². The van der Waals surface area contributed by atoms with Gasteiger partial charge >= 0.3 is 5.97 Å². The van der Waals surface area contributed by atoms with Crippen LogP contribution in [0.3, 0.4) is 0 Å². The maximum Gasteiger partial charge on any atom is 0.307 e. The number of fused-ring (bicyclic) bond motifs is 1. The Bertz CT molecular complexity index is 1540. The standard InChI is InChI=1S/C31H30N4O3/c1-5-9-24(17-29(36)37-6-2)23-12-14-26(15-13-23)38-20-22-16-28(27-11-8-7-10-25(27)18-32)31-33-30(21(3)4)34-35(31)19-22/h7-8,10-16,19,21,24H,6,17,20H2,1-4H3/t24-/m0/s1. The quantitative estimate of drug-likeness (QED) is 0.203. The van der Waals surface area contributed by atoms with Crippen LogP contribution < -0.4 is 4.74 Å². The largest absolute Gasteiger partial charge is 0.489 e. The molecule has 0 amide bonds. The molecular weight excluding hydrogens is 476 g/mol. The Morgan fingerprint density at radius 2 is 1.87 bits per heavy atom. The van der Waals surface area contributed by atoms with Gasteiger partial charge in [-0.3, -0.25) is 4.79 Å². The SMILES string of the molecule is CC#C[C@@H](CC(=O)OCC)c1ccc(OCc2cc(-c3ccccc3C#N)c3nc(C(C)C)nn3c2)cc1. The minimum Gasteiger partial charge on any atom is -0.489 e. The van der Waals surface area contributed by atoms with Crippen molar-refractivity contribution in [3.63, 3.8) is 0 Å². The molecule has 2 aromatic carbocycles. The second-order valence-corrected chi connectivity index (χ2v) is 9.13. The van der Waals surface area contributed by atoms with Crippen molar-refractivity contribution in [2.75, 3.05) is 6.61 Å². The van der Waals surface area contributed by atoms with E-state index in [1.165, 1.54) is 0 Å². The third kappa shape index (κ3) is 6.02. The number of carbonyl (C=O) groups is 1. The second-order valence-electron chi connectivity index (χ2n) is 9.13. The molecular formula is C31H30N4O3. The number of ether oxygens (including phenoxy) is 2. The van der Waals surface area contributed by atoms with E-state index in [0.717, 1.165) is 28.1 Å². The first-order valence-corrected chi connectivity index (χ1v) is 12.6. The molecule has 0 fully saturated rings. The van der Waals surface area contributed by atoms with Gasteiger partial charge in [0, 0.05) is 28.8 Å². The Labute approximate surface area is 223 Å². The number of esters is 1. The molecule has 0 saturated carbocycles. The number of nitriles is 1. The maximum absolute atomic E-state index is 12.0. The van der Waals surface area contributed by atoms with Crippen LogP contribution in [-0.2, 0) is 16.1 Å². The van der Waals surface area contributed by atoms with Crippen LogP contribution in [0.2, 0.25) is 0 Å². The highest BCUT2D eigenvalue weighted by Crippen LogP contribution is 2.30. The first-order valence-electron chi connectivity index (χ1n) is 12.6. The lowest BCUT2D eigenvalue weighted by Crippen LogP contribution is -2.09. The first kappa shape index (κ1) is 26.4. The van der Waals surface area contributed by atoms with Crippen LogP contribution in [0, 0.1) is 23.2 Å². The summed E-state index contributed by atoms with van der Waals surface area (Å²) in [5, 5.41) is 14.4. The molecule has 0 aliphatic heterocycles. The molecule has 0 spiro atoms. The van der Waals surface area contributed by atoms with Crippen molar-refractivity contribution < 1.29 is 14.3 Å². The van der Waals surface area contributed by atoms with Crippen LogP contribution in [0.5, 0.6) is 5.75 Å². The summed E-state index contributed by atoms with van der Waals surface area (Å²) in [4.78, 5) is 16.7. The first-order chi connectivity index (χ1) is 18.4. The molecule has 2 aromatic heterocycles. The zero-order chi connectivity index (χ0) is 27.1. The van der Waals surface area contributed by atoms with E-state index < -0.39 is 0 Å². The summed E-state index contributed by atoms with van der Waals surface area (Å²) in [7, 11) is 0. The molecule has 192 valence electrons. The second kappa shape index (κ2) is 12.1. The number of nitrogens with zero attached hydrogens (tertiary/aromatic N) is 4. The molecule has 0 unspecified atom stereocenters. The molecule has 0 aliphatic carbocycles. The molecule has 7 nitrogen and oxygen atoms in total. The van der Waals surface area contributed by atoms with Gasteiger partial charge in [0.25, 0.3) is 0 Å². The van der Waals surface area contributed by atoms with Gasteiger partial charge in [-0.25, -0.2) is 9.50 Å². The predicted molar refractivity (Wildman–Crippen MR) is 145 cm³/mol. The lowest BCUT2D eigenvalue weighted by molar-refractivity contribution is -0.143. The minimum absolute atomic E-state index is 0.164. The van der Waals surface area contributed by atoms with E-state index in [-0.39, 0.29) is 24.2 Å². The molecule has 1 atom stereocenters. The van der Waals surface area contributed by atoms with Crippen molar-refractivity contribution in [1.29, 1.82) is 5.26 Å². The summed E-state index contributed by atoms with van der Waals surface area (Å²) in [5.74, 6) is 7.09. The molecule has 0 bridgehead atoms. The molecule has 2 heterocycles. The zero-order valence-corrected chi connectivity index (χ0v) is 22.1. The van der Waals surface area contributed by atoms with Crippen LogP contribution in [0.1, 0.15) is 68.5 Å². The van der Waals surface area contributed by atoms with Crippen molar-refractivity contribution in [3.05, 3.63) is 83.3 Å². The van der Waals surface area contributed by atoms with Gasteiger partial charge in [-0.05, 0) is 43.7 Å². The van der Waals surface area contributed by atoms with Gasteiger partial charge < -0.3 is 9.47 Å². The highest BCUT2D eigenvalue weighted by molar-refractivity contribution is 5.81. The van der Waals surface area contributed by atoms with Gasteiger partial charge in [0.05, 0.1) is 30.6 Å². The van der Waals surface area contributed by atoms with Crippen LogP contribution in [0.4, 0.5) is 0 Å². The third-order valence-electron chi connectivity index (χ3n) is 6.04. The van der Waals surface area contributed by atoms with Gasteiger partial charge in [0.2, 0.25) is 0 Å². The van der Waals surface area contributed by atoms with E-state index in [0.29, 0.717) is 30.2 Å². The summed E-state index contributed by atoms with van der Waals surface area (Å²) >= 11 is 0. The van der Waals surface area contributed by atoms with E-state index in [1.54, 1.807) is 24.4 Å². The number of rotatable bonds is 9. The molecule has 38 heavy (non-hydrogen) atoms. The van der Waals surface area contributed by atoms with E-state index in [4.69, 9.17) is 14.5 Å². The van der Waals surface area contributed by atoms with Gasteiger partial charge in [0.15, 0.2) is 11.5 Å². The van der Waals surface area contributed by atoms with E-state index in [2.05, 4.69) is 36.9 Å². The van der Waals surface area contributed by atoms with Crippen LogP contribution in [0.15, 0.2) is 60.8 Å². The number of benzene rings is 2. The van der Waals surface area contributed by atoms with Gasteiger partial charge in [-0.1, -0.05) is 50.1 Å². The number of carbonyl (C=O) groups excluding carboxylic acids is 1. The fourth-order valence-corrected chi connectivity index (χ4v) is 4.17. The zero-order valence-electron chi connectivity index (χ0n) is 22.1. The Morgan fingerprint density at radius 1 is 1.11 bits per heavy atom. The highest BCUT2D eigenvalue weighted by atomic mass is 16.5. The lowest BCUT2D eigenvalue weighted by atomic mass is 9.96. The summed E-state index contributed by atoms with van der Waals surface area (Å²) in [5.41, 5.74) is 4.73. The molecule has 0 aliphatic rings. The Hall–Kier alpha value is -4.62. The average molecular weight is 507 g/mol. The fraction of sp³-hybridized carbons (Fsp3) is 0.290. The number of hydrogen-bond acceptors (Lipinski definition) is 6. The van der Waals surface area contributed by atoms with Crippen molar-refractivity contribution in [2.45, 2.75) is 52.6 Å². The summed E-state index contributed by atoms with van der Waals surface area (Å²) in [6.45, 7) is 8.30. The topological polar surface area (TPSA) is 89.5 Å². The van der Waals surface area contributed by atoms with Crippen LogP contribution in [0.25, 0.3) is 16.8 Å². The van der Waals surface area contributed by atoms with E-state index in [1.807, 2.05) is 54.7 Å². The fourth-order valence-electron chi connectivity index (χ4n) is 4.17. The van der Waals surface area contributed by atoms with Crippen molar-refractivity contribution in [2.24, 2.45) is 0 Å². The summed E-state index contributed by atoms with van der Waals surface area (Å²) in [6.07, 6.45) is 2.12. The Balaban J connectivity index is 1.60. The number of hydrogen-bond donors (Lipinski definition) is 0. The normalized spacial score (nSPS) is 11.5. The smallest absolute Gasteiger partial charge is 0.307 e. The highest BCUT2D eigenvalue weighted by Gasteiger charge is 2.17. The van der Waals surface area contributed by atoms with Gasteiger partial charge in [0.1, 0.15) is 12.4 Å². The molecule has 4 rings (SSSR count). The van der Waals surface area contributed by atoms with Gasteiger partial charge in [-0.2, -0.15) is 10.4 Å². The van der Waals surface area contributed by atoms with E-state index in [9.17, 15) is 10.1 Å². The molecule has 4 aromatic rings. The number of aromatic nitrogens is 3. The predicted octanol–water partition coefficient (Wildman–Crippen LogP) is 6.03. The monoisotopic (exact) mass is 506 g/mol. The Kier molecular flexibility index (Phi) is 8.40. The van der Waals surface area contributed by atoms with Gasteiger partial charge in [-0.15, -0.1) is 5.92 Å². The third-order valence-corrected chi connectivity index (χ3v) is 6.04. The molecule has 7 heteroatoms. The summed E-state index contributed by atoms with van der Waals surface area (Å²) in [6, 6.07) is 19.4. The van der Waals surface area contributed by atoms with Crippen LogP contribution in [-0.4, -0.2) is 27.2 Å². The molecule has 0 radical (unpaired) electrons. The van der Waals surface area contributed by atoms with Crippen molar-refractivity contribution in [1.82, 2.24) is 14.6 Å². The van der Waals surface area contributed by atoms with Crippen molar-refractivity contribution >= 4 is 11.6 Å². The summed E-state index contributed by atoms with van der Waals surface area (Å²) < 4.78 is 13.0. The minimum atomic E-state index is -0.265.